The van der Waals surface area contributed by atoms with Gasteiger partial charge in [0.05, 0.1) is 11.2 Å². The van der Waals surface area contributed by atoms with Crippen molar-refractivity contribution in [3.63, 3.8) is 0 Å². The van der Waals surface area contributed by atoms with Crippen LogP contribution < -0.4 is 5.32 Å². The summed E-state index contributed by atoms with van der Waals surface area (Å²) < 4.78 is 0.936. The third-order valence-corrected chi connectivity index (χ3v) is 4.17. The second-order valence-corrected chi connectivity index (χ2v) is 5.91. The minimum atomic E-state index is -0.662. The highest BCUT2D eigenvalue weighted by atomic mass is 127. The van der Waals surface area contributed by atoms with Crippen LogP contribution in [0.25, 0.3) is 0 Å². The fourth-order valence-corrected chi connectivity index (χ4v) is 2.50. The predicted molar refractivity (Wildman–Crippen MR) is 75.0 cm³/mol. The molecule has 0 radical (unpaired) electrons. The highest BCUT2D eigenvalue weighted by Crippen LogP contribution is 2.30. The van der Waals surface area contributed by atoms with E-state index in [1.807, 2.05) is 25.1 Å². The van der Waals surface area contributed by atoms with Gasteiger partial charge in [0, 0.05) is 10.1 Å². The number of aliphatic hydroxyl groups is 1. The number of carbonyl (C=O) groups is 1. The number of carbonyl (C=O) groups excluding carboxylic acids is 1. The third-order valence-electron chi connectivity index (χ3n) is 3.23. The zero-order valence-corrected chi connectivity index (χ0v) is 12.0. The third kappa shape index (κ3) is 2.98. The zero-order valence-electron chi connectivity index (χ0n) is 9.79. The molecule has 0 unspecified atom stereocenters. The summed E-state index contributed by atoms with van der Waals surface area (Å²) in [5, 5.41) is 12.7. The lowest BCUT2D eigenvalue weighted by Crippen LogP contribution is -2.47. The first-order valence-corrected chi connectivity index (χ1v) is 6.85. The summed E-state index contributed by atoms with van der Waals surface area (Å²) in [7, 11) is 0. The summed E-state index contributed by atoms with van der Waals surface area (Å²) in [5.74, 6) is -0.0987. The maximum absolute atomic E-state index is 12.0. The Labute approximate surface area is 115 Å². The molecule has 2 N–H and O–H groups in total. The number of rotatable bonds is 3. The molecular weight excluding hydrogens is 329 g/mol. The van der Waals surface area contributed by atoms with Gasteiger partial charge >= 0.3 is 0 Å². The molecule has 1 aromatic rings. The Balaban J connectivity index is 2.01. The SMILES string of the molecule is Cc1ccc(I)c(C(=O)NCC2(O)CCC2)c1. The number of benzene rings is 1. The van der Waals surface area contributed by atoms with Crippen LogP contribution in [-0.2, 0) is 0 Å². The fourth-order valence-electron chi connectivity index (χ4n) is 1.91. The van der Waals surface area contributed by atoms with E-state index < -0.39 is 5.60 Å². The maximum atomic E-state index is 12.0. The first-order valence-electron chi connectivity index (χ1n) is 5.77. The van der Waals surface area contributed by atoms with Crippen LogP contribution in [0.15, 0.2) is 18.2 Å². The number of hydrogen-bond donors (Lipinski definition) is 2. The van der Waals surface area contributed by atoms with Gasteiger partial charge in [0.1, 0.15) is 0 Å². The maximum Gasteiger partial charge on any atom is 0.252 e. The van der Waals surface area contributed by atoms with Gasteiger partial charge in [0.2, 0.25) is 0 Å². The molecule has 1 amide bonds. The van der Waals surface area contributed by atoms with Crippen molar-refractivity contribution in [2.45, 2.75) is 31.8 Å². The average molecular weight is 345 g/mol. The summed E-state index contributed by atoms with van der Waals surface area (Å²) in [5.41, 5.74) is 1.09. The number of nitrogens with one attached hydrogen (secondary N) is 1. The van der Waals surface area contributed by atoms with Crippen molar-refractivity contribution < 1.29 is 9.90 Å². The summed E-state index contributed by atoms with van der Waals surface area (Å²) in [6.07, 6.45) is 2.63. The Morgan fingerprint density at radius 2 is 2.24 bits per heavy atom. The Kier molecular flexibility index (Phi) is 3.73. The molecule has 0 bridgehead atoms. The van der Waals surface area contributed by atoms with Crippen molar-refractivity contribution >= 4 is 28.5 Å². The minimum absolute atomic E-state index is 0.0987. The molecule has 4 heteroatoms. The second kappa shape index (κ2) is 4.94. The molecule has 17 heavy (non-hydrogen) atoms. The molecule has 0 aromatic heterocycles. The molecule has 0 saturated heterocycles. The van der Waals surface area contributed by atoms with Crippen LogP contribution in [-0.4, -0.2) is 23.2 Å². The lowest BCUT2D eigenvalue weighted by molar-refractivity contribution is -0.0300. The van der Waals surface area contributed by atoms with E-state index in [0.29, 0.717) is 12.1 Å². The lowest BCUT2D eigenvalue weighted by atomic mass is 9.80. The Morgan fingerprint density at radius 1 is 1.53 bits per heavy atom. The van der Waals surface area contributed by atoms with Gasteiger partial charge in [-0.15, -0.1) is 0 Å². The molecule has 1 aliphatic rings. The molecule has 0 heterocycles. The van der Waals surface area contributed by atoms with Crippen LogP contribution in [0.4, 0.5) is 0 Å². The number of amides is 1. The highest BCUT2D eigenvalue weighted by molar-refractivity contribution is 14.1. The smallest absolute Gasteiger partial charge is 0.252 e. The van der Waals surface area contributed by atoms with Crippen molar-refractivity contribution in [3.8, 4) is 0 Å². The number of aryl methyl sites for hydroxylation is 1. The van der Waals surface area contributed by atoms with Gasteiger partial charge in [-0.25, -0.2) is 0 Å². The van der Waals surface area contributed by atoms with Crippen LogP contribution in [0.3, 0.4) is 0 Å². The van der Waals surface area contributed by atoms with Crippen LogP contribution in [0, 0.1) is 10.5 Å². The summed E-state index contributed by atoms with van der Waals surface area (Å²) in [6.45, 7) is 2.32. The first kappa shape index (κ1) is 12.8. The van der Waals surface area contributed by atoms with Gasteiger partial charge in [0.25, 0.3) is 5.91 Å². The summed E-state index contributed by atoms with van der Waals surface area (Å²) in [4.78, 5) is 12.0. The number of halogens is 1. The molecule has 1 aliphatic carbocycles. The summed E-state index contributed by atoms with van der Waals surface area (Å²) in [6, 6.07) is 5.79. The van der Waals surface area contributed by atoms with E-state index in [-0.39, 0.29) is 5.91 Å². The van der Waals surface area contributed by atoms with E-state index in [1.165, 1.54) is 0 Å². The van der Waals surface area contributed by atoms with Crippen molar-refractivity contribution in [2.75, 3.05) is 6.54 Å². The van der Waals surface area contributed by atoms with Crippen LogP contribution in [0.1, 0.15) is 35.2 Å². The van der Waals surface area contributed by atoms with Gasteiger partial charge in [-0.2, -0.15) is 0 Å². The topological polar surface area (TPSA) is 49.3 Å². The average Bonchev–Trinajstić information content (AvgIpc) is 2.26. The van der Waals surface area contributed by atoms with E-state index in [1.54, 1.807) is 0 Å². The highest BCUT2D eigenvalue weighted by Gasteiger charge is 2.34. The standard InChI is InChI=1S/C13H16INO2/c1-9-3-4-11(14)10(7-9)12(16)15-8-13(17)5-2-6-13/h3-4,7,17H,2,5-6,8H2,1H3,(H,15,16). The van der Waals surface area contributed by atoms with Gasteiger partial charge in [-0.3, -0.25) is 4.79 Å². The van der Waals surface area contributed by atoms with Gasteiger partial charge in [0.15, 0.2) is 0 Å². The van der Waals surface area contributed by atoms with Gasteiger partial charge in [-0.1, -0.05) is 11.6 Å². The van der Waals surface area contributed by atoms with Gasteiger partial charge < -0.3 is 10.4 Å². The Hall–Kier alpha value is -0.620. The first-order chi connectivity index (χ1) is 8.00. The molecule has 0 atom stereocenters. The molecule has 92 valence electrons. The van der Waals surface area contributed by atoms with Crippen LogP contribution in [0.2, 0.25) is 0 Å². The largest absolute Gasteiger partial charge is 0.388 e. The molecule has 1 saturated carbocycles. The fraction of sp³-hybridized carbons (Fsp3) is 0.462. The number of hydrogen-bond acceptors (Lipinski definition) is 2. The molecule has 1 aromatic carbocycles. The normalized spacial score (nSPS) is 17.4. The molecule has 2 rings (SSSR count). The Morgan fingerprint density at radius 3 is 2.82 bits per heavy atom. The van der Waals surface area contributed by atoms with E-state index in [0.717, 1.165) is 28.4 Å². The van der Waals surface area contributed by atoms with Crippen LogP contribution in [0.5, 0.6) is 0 Å². The Bertz CT molecular complexity index is 441. The van der Waals surface area contributed by atoms with E-state index >= 15 is 0 Å². The van der Waals surface area contributed by atoms with E-state index in [4.69, 9.17) is 0 Å². The van der Waals surface area contributed by atoms with Crippen molar-refractivity contribution in [1.29, 1.82) is 0 Å². The molecule has 0 spiro atoms. The summed E-state index contributed by atoms with van der Waals surface area (Å²) >= 11 is 2.15. The van der Waals surface area contributed by atoms with E-state index in [2.05, 4.69) is 27.9 Å². The molecule has 0 aliphatic heterocycles. The quantitative estimate of drug-likeness (QED) is 0.826. The minimum Gasteiger partial charge on any atom is -0.388 e. The van der Waals surface area contributed by atoms with Crippen molar-refractivity contribution in [1.82, 2.24) is 5.32 Å². The monoisotopic (exact) mass is 345 g/mol. The lowest BCUT2D eigenvalue weighted by Gasteiger charge is -2.36. The molecule has 3 nitrogen and oxygen atoms in total. The van der Waals surface area contributed by atoms with E-state index in [9.17, 15) is 9.90 Å². The van der Waals surface area contributed by atoms with Gasteiger partial charge in [-0.05, 0) is 60.9 Å². The second-order valence-electron chi connectivity index (χ2n) is 4.74. The predicted octanol–water partition coefficient (Wildman–Crippen LogP) is 2.24. The van der Waals surface area contributed by atoms with Crippen LogP contribution >= 0.6 is 22.6 Å². The molecule has 1 fully saturated rings. The molecular formula is C13H16INO2. The van der Waals surface area contributed by atoms with Crippen molar-refractivity contribution in [3.05, 3.63) is 32.9 Å². The zero-order chi connectivity index (χ0) is 12.5. The van der Waals surface area contributed by atoms with Crippen molar-refractivity contribution in [2.24, 2.45) is 0 Å².